The van der Waals surface area contributed by atoms with Gasteiger partial charge in [-0.15, -0.1) is 0 Å². The van der Waals surface area contributed by atoms with Crippen LogP contribution in [0.5, 0.6) is 17.2 Å². The lowest BCUT2D eigenvalue weighted by molar-refractivity contribution is -0.148. The van der Waals surface area contributed by atoms with Gasteiger partial charge in [0.25, 0.3) is 5.91 Å². The Labute approximate surface area is 200 Å². The third kappa shape index (κ3) is 3.89. The number of fused-ring (bicyclic) bond motifs is 5. The molecular weight excluding hydrogens is 487 g/mol. The van der Waals surface area contributed by atoms with Crippen molar-refractivity contribution in [2.75, 3.05) is 13.2 Å². The number of ether oxygens (including phenoxy) is 2. The highest BCUT2D eigenvalue weighted by Gasteiger charge is 2.52. The van der Waals surface area contributed by atoms with Crippen molar-refractivity contribution in [3.63, 3.8) is 0 Å². The molecule has 2 heterocycles. The van der Waals surface area contributed by atoms with E-state index in [0.717, 1.165) is 11.1 Å². The number of benzene rings is 2. The van der Waals surface area contributed by atoms with E-state index in [0.29, 0.717) is 30.9 Å². The van der Waals surface area contributed by atoms with Crippen molar-refractivity contribution in [3.05, 3.63) is 53.6 Å². The number of para-hydroxylation sites is 2. The maximum atomic E-state index is 13.5. The van der Waals surface area contributed by atoms with Crippen LogP contribution in [0.25, 0.3) is 0 Å². The number of amides is 1. The summed E-state index contributed by atoms with van der Waals surface area (Å²) in [5.41, 5.74) is -4.40. The third-order valence-corrected chi connectivity index (χ3v) is 8.52. The summed E-state index contributed by atoms with van der Waals surface area (Å²) < 4.78 is 77.3. The standard InChI is InChI=1S/C24H24F3NO6S/c1-14-18-11-15-7-8-16(34-35(30,31)24(25,26)27)12-17(15)23(14,2)9-10-28(18)22(29)21-13-32-19-5-3-4-6-20(19)33-21/h3-8,12,14,18,21H,9-11,13H2,1-2H3/t14-,18+,21-,23+/m0/s1. The fourth-order valence-electron chi connectivity index (χ4n) is 5.42. The van der Waals surface area contributed by atoms with Crippen LogP contribution in [-0.2, 0) is 26.7 Å². The van der Waals surface area contributed by atoms with Gasteiger partial charge in [0.1, 0.15) is 12.4 Å². The first-order valence-electron chi connectivity index (χ1n) is 11.2. The molecule has 2 aromatic rings. The van der Waals surface area contributed by atoms with Gasteiger partial charge < -0.3 is 18.6 Å². The Bertz CT molecular complexity index is 1280. The van der Waals surface area contributed by atoms with E-state index in [1.54, 1.807) is 24.3 Å². The van der Waals surface area contributed by atoms with E-state index >= 15 is 0 Å². The largest absolute Gasteiger partial charge is 0.534 e. The number of carbonyl (C=O) groups is 1. The lowest BCUT2D eigenvalue weighted by Gasteiger charge is -2.55. The van der Waals surface area contributed by atoms with Crippen LogP contribution in [0.4, 0.5) is 13.2 Å². The Kier molecular flexibility index (Phi) is 5.46. The van der Waals surface area contributed by atoms with E-state index in [4.69, 9.17) is 9.47 Å². The maximum absolute atomic E-state index is 13.5. The topological polar surface area (TPSA) is 82.1 Å². The van der Waals surface area contributed by atoms with Crippen molar-refractivity contribution in [2.45, 2.75) is 49.8 Å². The second kappa shape index (κ2) is 8.04. The quantitative estimate of drug-likeness (QED) is 0.461. The number of alkyl halides is 3. The lowest BCUT2D eigenvalue weighted by atomic mass is 9.59. The van der Waals surface area contributed by atoms with Crippen molar-refractivity contribution in [1.82, 2.24) is 4.90 Å². The van der Waals surface area contributed by atoms with Crippen molar-refractivity contribution in [1.29, 1.82) is 0 Å². The zero-order valence-electron chi connectivity index (χ0n) is 19.0. The van der Waals surface area contributed by atoms with Gasteiger partial charge in [0.05, 0.1) is 0 Å². The van der Waals surface area contributed by atoms with Crippen LogP contribution < -0.4 is 13.7 Å². The van der Waals surface area contributed by atoms with Gasteiger partial charge in [0, 0.05) is 12.6 Å². The fourth-order valence-corrected chi connectivity index (χ4v) is 5.88. The number of piperidine rings is 1. The Morgan fingerprint density at radius 1 is 1.17 bits per heavy atom. The van der Waals surface area contributed by atoms with Crippen LogP contribution in [0, 0.1) is 5.92 Å². The Morgan fingerprint density at radius 3 is 2.60 bits per heavy atom. The molecule has 2 aliphatic heterocycles. The van der Waals surface area contributed by atoms with Crippen LogP contribution in [-0.4, -0.2) is 50.0 Å². The molecule has 0 unspecified atom stereocenters. The summed E-state index contributed by atoms with van der Waals surface area (Å²) in [5, 5.41) is 0. The molecule has 1 fully saturated rings. The van der Waals surface area contributed by atoms with Gasteiger partial charge in [-0.05, 0) is 59.6 Å². The molecule has 4 atom stereocenters. The van der Waals surface area contributed by atoms with E-state index in [1.165, 1.54) is 12.1 Å². The first kappa shape index (κ1) is 23.8. The Hall–Kier alpha value is -2.95. The van der Waals surface area contributed by atoms with Crippen LogP contribution in [0.3, 0.4) is 0 Å². The zero-order chi connectivity index (χ0) is 25.2. The van der Waals surface area contributed by atoms with E-state index in [-0.39, 0.29) is 30.2 Å². The van der Waals surface area contributed by atoms with Gasteiger partial charge >= 0.3 is 15.6 Å². The van der Waals surface area contributed by atoms with Gasteiger partial charge in [-0.3, -0.25) is 4.79 Å². The molecule has 2 aromatic carbocycles. The summed E-state index contributed by atoms with van der Waals surface area (Å²) in [4.78, 5) is 15.3. The summed E-state index contributed by atoms with van der Waals surface area (Å²) in [5.74, 6) is 0.519. The van der Waals surface area contributed by atoms with Crippen LogP contribution in [0.1, 0.15) is 31.4 Å². The van der Waals surface area contributed by atoms with Crippen molar-refractivity contribution < 1.29 is 40.0 Å². The molecule has 11 heteroatoms. The number of halogens is 3. The lowest BCUT2D eigenvalue weighted by Crippen LogP contribution is -2.62. The van der Waals surface area contributed by atoms with E-state index < -0.39 is 27.1 Å². The molecule has 3 aliphatic rings. The minimum absolute atomic E-state index is 0.0426. The molecule has 1 amide bonds. The molecule has 0 spiro atoms. The number of nitrogens with zero attached hydrogens (tertiary/aromatic N) is 1. The minimum Gasteiger partial charge on any atom is -0.485 e. The molecule has 7 nitrogen and oxygen atoms in total. The second-order valence-electron chi connectivity index (χ2n) is 9.43. The SMILES string of the molecule is C[C@H]1[C@H]2Cc3ccc(OS(=O)(=O)C(F)(F)F)cc3[C@]1(C)CCN2C(=O)[C@@H]1COc2ccccc2O1. The minimum atomic E-state index is -5.76. The van der Waals surface area contributed by atoms with Crippen molar-refractivity contribution in [2.24, 2.45) is 5.92 Å². The summed E-state index contributed by atoms with van der Waals surface area (Å²) >= 11 is 0. The van der Waals surface area contributed by atoms with E-state index in [1.807, 2.05) is 24.8 Å². The molecule has 0 saturated carbocycles. The zero-order valence-corrected chi connectivity index (χ0v) is 19.9. The molecular formula is C24H24F3NO6S. The van der Waals surface area contributed by atoms with E-state index in [2.05, 4.69) is 4.18 Å². The summed E-state index contributed by atoms with van der Waals surface area (Å²) in [6, 6.07) is 11.2. The normalized spacial score (nSPS) is 27.7. The average Bonchev–Trinajstić information content (AvgIpc) is 2.80. The maximum Gasteiger partial charge on any atom is 0.534 e. The number of carbonyl (C=O) groups excluding carboxylic acids is 1. The first-order valence-corrected chi connectivity index (χ1v) is 12.6. The smallest absolute Gasteiger partial charge is 0.485 e. The number of hydrogen-bond donors (Lipinski definition) is 0. The second-order valence-corrected chi connectivity index (χ2v) is 11.0. The first-order chi connectivity index (χ1) is 16.4. The highest BCUT2D eigenvalue weighted by molar-refractivity contribution is 7.88. The summed E-state index contributed by atoms with van der Waals surface area (Å²) in [6.07, 6.45) is 0.253. The predicted molar refractivity (Wildman–Crippen MR) is 119 cm³/mol. The molecule has 35 heavy (non-hydrogen) atoms. The molecule has 0 N–H and O–H groups in total. The number of rotatable bonds is 3. The molecule has 0 radical (unpaired) electrons. The molecule has 1 saturated heterocycles. The van der Waals surface area contributed by atoms with E-state index in [9.17, 15) is 26.4 Å². The van der Waals surface area contributed by atoms with Crippen molar-refractivity contribution >= 4 is 16.0 Å². The van der Waals surface area contributed by atoms with Gasteiger partial charge in [-0.2, -0.15) is 21.6 Å². The monoisotopic (exact) mass is 511 g/mol. The summed E-state index contributed by atoms with van der Waals surface area (Å²) in [7, 11) is -5.76. The molecule has 2 bridgehead atoms. The Balaban J connectivity index is 1.40. The summed E-state index contributed by atoms with van der Waals surface area (Å²) in [6.45, 7) is 4.52. The van der Waals surface area contributed by atoms with Gasteiger partial charge in [0.2, 0.25) is 6.10 Å². The van der Waals surface area contributed by atoms with Crippen LogP contribution in [0.15, 0.2) is 42.5 Å². The Morgan fingerprint density at radius 2 is 1.89 bits per heavy atom. The predicted octanol–water partition coefficient (Wildman–Crippen LogP) is 3.81. The van der Waals surface area contributed by atoms with Gasteiger partial charge in [-0.25, -0.2) is 0 Å². The van der Waals surface area contributed by atoms with Gasteiger partial charge in [0.15, 0.2) is 11.5 Å². The third-order valence-electron chi connectivity index (χ3n) is 7.54. The van der Waals surface area contributed by atoms with Crippen LogP contribution in [0.2, 0.25) is 0 Å². The van der Waals surface area contributed by atoms with Gasteiger partial charge in [-0.1, -0.05) is 32.0 Å². The molecule has 188 valence electrons. The number of hydrogen-bond acceptors (Lipinski definition) is 6. The highest BCUT2D eigenvalue weighted by Crippen LogP contribution is 2.50. The average molecular weight is 512 g/mol. The molecule has 5 rings (SSSR count). The molecule has 1 aliphatic carbocycles. The fraction of sp³-hybridized carbons (Fsp3) is 0.458. The van der Waals surface area contributed by atoms with Crippen molar-refractivity contribution in [3.8, 4) is 17.2 Å². The van der Waals surface area contributed by atoms with Crippen LogP contribution >= 0.6 is 0 Å². The molecule has 0 aromatic heterocycles. The highest BCUT2D eigenvalue weighted by atomic mass is 32.2. The number of likely N-dealkylation sites (tertiary alicyclic amines) is 1.